The van der Waals surface area contributed by atoms with E-state index in [9.17, 15) is 0 Å². The predicted octanol–water partition coefficient (Wildman–Crippen LogP) is 3.04. The van der Waals surface area contributed by atoms with Crippen molar-refractivity contribution >= 4 is 29.9 Å². The summed E-state index contributed by atoms with van der Waals surface area (Å²) in [6.07, 6.45) is 7.61. The fourth-order valence-electron chi connectivity index (χ4n) is 3.67. The van der Waals surface area contributed by atoms with Gasteiger partial charge in [-0.15, -0.1) is 24.0 Å². The molecule has 0 aromatic carbocycles. The van der Waals surface area contributed by atoms with E-state index in [1.54, 1.807) is 6.26 Å². The average Bonchev–Trinajstić information content (AvgIpc) is 3.40. The second-order valence-corrected chi connectivity index (χ2v) is 7.11. The van der Waals surface area contributed by atoms with Crippen LogP contribution < -0.4 is 10.6 Å². The molecule has 0 amide bonds. The van der Waals surface area contributed by atoms with Gasteiger partial charge in [-0.2, -0.15) is 5.10 Å². The van der Waals surface area contributed by atoms with Crippen molar-refractivity contribution in [2.24, 2.45) is 4.99 Å². The van der Waals surface area contributed by atoms with Crippen LogP contribution in [0.4, 0.5) is 0 Å². The summed E-state index contributed by atoms with van der Waals surface area (Å²) in [5.74, 6) is 2.95. The minimum Gasteiger partial charge on any atom is -0.461 e. The second-order valence-electron chi connectivity index (χ2n) is 7.11. The number of aromatic amines is 1. The molecule has 162 valence electrons. The number of nitrogens with one attached hydrogen (secondary N) is 3. The number of likely N-dealkylation sites (tertiary alicyclic amines) is 1. The summed E-state index contributed by atoms with van der Waals surface area (Å²) in [6.45, 7) is 9.01. The van der Waals surface area contributed by atoms with Gasteiger partial charge in [0, 0.05) is 32.1 Å². The molecule has 3 N–H and O–H groups in total. The van der Waals surface area contributed by atoms with Gasteiger partial charge in [-0.3, -0.25) is 15.0 Å². The Morgan fingerprint density at radius 3 is 3.00 bits per heavy atom. The van der Waals surface area contributed by atoms with Crippen LogP contribution in [0.1, 0.15) is 45.4 Å². The SMILES string of the molecule is CCNC(=NCCN1CCCCC1CC)NCCc1nc(-c2ccco2)n[nH]1.I. The Balaban J connectivity index is 0.00000300. The molecule has 1 saturated heterocycles. The largest absolute Gasteiger partial charge is 0.461 e. The van der Waals surface area contributed by atoms with E-state index < -0.39 is 0 Å². The number of aromatic nitrogens is 3. The quantitative estimate of drug-likeness (QED) is 0.270. The van der Waals surface area contributed by atoms with E-state index in [-0.39, 0.29) is 24.0 Å². The number of halogens is 1. The Bertz CT molecular complexity index is 716. The van der Waals surface area contributed by atoms with Gasteiger partial charge >= 0.3 is 0 Å². The normalized spacial score (nSPS) is 17.7. The van der Waals surface area contributed by atoms with Crippen LogP contribution in [0, 0.1) is 0 Å². The monoisotopic (exact) mass is 515 g/mol. The van der Waals surface area contributed by atoms with E-state index in [2.05, 4.69) is 44.6 Å². The molecule has 0 saturated carbocycles. The van der Waals surface area contributed by atoms with E-state index in [0.717, 1.165) is 50.4 Å². The lowest BCUT2D eigenvalue weighted by molar-refractivity contribution is 0.148. The zero-order valence-corrected chi connectivity index (χ0v) is 19.8. The molecule has 1 atom stereocenters. The zero-order valence-electron chi connectivity index (χ0n) is 17.5. The Morgan fingerprint density at radius 1 is 1.34 bits per heavy atom. The molecule has 8 nitrogen and oxygen atoms in total. The number of guanidine groups is 1. The second kappa shape index (κ2) is 12.8. The third kappa shape index (κ3) is 7.29. The topological polar surface area (TPSA) is 94.4 Å². The van der Waals surface area contributed by atoms with Crippen molar-refractivity contribution in [3.8, 4) is 11.6 Å². The van der Waals surface area contributed by atoms with Crippen molar-refractivity contribution < 1.29 is 4.42 Å². The minimum absolute atomic E-state index is 0. The van der Waals surface area contributed by atoms with Gasteiger partial charge < -0.3 is 15.1 Å². The van der Waals surface area contributed by atoms with E-state index >= 15 is 0 Å². The number of nitrogens with zero attached hydrogens (tertiary/aromatic N) is 4. The molecule has 1 aliphatic rings. The number of hydrogen-bond acceptors (Lipinski definition) is 5. The fraction of sp³-hybridized carbons (Fsp3) is 0.650. The highest BCUT2D eigenvalue weighted by Crippen LogP contribution is 2.18. The Labute approximate surface area is 190 Å². The highest BCUT2D eigenvalue weighted by Gasteiger charge is 2.19. The van der Waals surface area contributed by atoms with Crippen molar-refractivity contribution in [3.05, 3.63) is 24.2 Å². The van der Waals surface area contributed by atoms with Gasteiger partial charge in [0.2, 0.25) is 5.82 Å². The number of furan rings is 1. The van der Waals surface area contributed by atoms with Gasteiger partial charge in [0.25, 0.3) is 0 Å². The molecule has 3 heterocycles. The number of H-pyrrole nitrogens is 1. The van der Waals surface area contributed by atoms with E-state index in [4.69, 9.17) is 9.41 Å². The van der Waals surface area contributed by atoms with Crippen LogP contribution in [-0.2, 0) is 6.42 Å². The van der Waals surface area contributed by atoms with Crippen molar-refractivity contribution in [3.63, 3.8) is 0 Å². The highest BCUT2D eigenvalue weighted by molar-refractivity contribution is 14.0. The molecule has 1 aliphatic heterocycles. The fourth-order valence-corrected chi connectivity index (χ4v) is 3.67. The van der Waals surface area contributed by atoms with Crippen LogP contribution in [0.2, 0.25) is 0 Å². The zero-order chi connectivity index (χ0) is 19.6. The molecular weight excluding hydrogens is 481 g/mol. The van der Waals surface area contributed by atoms with Gasteiger partial charge in [-0.25, -0.2) is 4.98 Å². The lowest BCUT2D eigenvalue weighted by atomic mass is 10.0. The Kier molecular flexibility index (Phi) is 10.5. The van der Waals surface area contributed by atoms with Gasteiger partial charge in [-0.05, 0) is 44.9 Å². The third-order valence-electron chi connectivity index (χ3n) is 5.15. The van der Waals surface area contributed by atoms with Gasteiger partial charge in [0.05, 0.1) is 12.8 Å². The molecule has 2 aromatic rings. The molecule has 0 bridgehead atoms. The molecule has 29 heavy (non-hydrogen) atoms. The first kappa shape index (κ1) is 23.7. The summed E-state index contributed by atoms with van der Waals surface area (Å²) in [5, 5.41) is 13.9. The smallest absolute Gasteiger partial charge is 0.216 e. The number of aliphatic imine (C=N–C) groups is 1. The van der Waals surface area contributed by atoms with Crippen LogP contribution in [0.25, 0.3) is 11.6 Å². The van der Waals surface area contributed by atoms with Crippen LogP contribution in [0.5, 0.6) is 0 Å². The van der Waals surface area contributed by atoms with E-state index in [1.807, 2.05) is 12.1 Å². The van der Waals surface area contributed by atoms with Crippen LogP contribution in [0.3, 0.4) is 0 Å². The molecule has 9 heteroatoms. The van der Waals surface area contributed by atoms with Gasteiger partial charge in [-0.1, -0.05) is 13.3 Å². The van der Waals surface area contributed by atoms with E-state index in [1.165, 1.54) is 32.2 Å². The Hall–Kier alpha value is -1.62. The van der Waals surface area contributed by atoms with Crippen molar-refractivity contribution in [2.75, 3.05) is 32.7 Å². The molecule has 0 aliphatic carbocycles. The van der Waals surface area contributed by atoms with E-state index in [0.29, 0.717) is 11.6 Å². The first-order chi connectivity index (χ1) is 13.8. The number of hydrogen-bond donors (Lipinski definition) is 3. The van der Waals surface area contributed by atoms with Gasteiger partial charge in [0.1, 0.15) is 5.82 Å². The van der Waals surface area contributed by atoms with Crippen LogP contribution >= 0.6 is 24.0 Å². The average molecular weight is 515 g/mol. The van der Waals surface area contributed by atoms with Crippen LogP contribution in [0.15, 0.2) is 27.8 Å². The molecule has 2 aromatic heterocycles. The molecule has 0 spiro atoms. The predicted molar refractivity (Wildman–Crippen MR) is 127 cm³/mol. The van der Waals surface area contributed by atoms with Crippen molar-refractivity contribution in [1.82, 2.24) is 30.7 Å². The van der Waals surface area contributed by atoms with Crippen LogP contribution in [-0.4, -0.2) is 64.8 Å². The molecule has 3 rings (SSSR count). The Morgan fingerprint density at radius 2 is 2.24 bits per heavy atom. The summed E-state index contributed by atoms with van der Waals surface area (Å²) in [5.41, 5.74) is 0. The summed E-state index contributed by atoms with van der Waals surface area (Å²) in [6, 6.07) is 4.42. The van der Waals surface area contributed by atoms with Crippen molar-refractivity contribution in [1.29, 1.82) is 0 Å². The summed E-state index contributed by atoms with van der Waals surface area (Å²) < 4.78 is 5.32. The number of piperidine rings is 1. The first-order valence-corrected chi connectivity index (χ1v) is 10.5. The lowest BCUT2D eigenvalue weighted by Crippen LogP contribution is -2.42. The summed E-state index contributed by atoms with van der Waals surface area (Å²) in [4.78, 5) is 11.8. The maximum atomic E-state index is 5.32. The maximum absolute atomic E-state index is 5.32. The standard InChI is InChI=1S/C20H33N7O.HI/c1-3-16-8-5-6-13-27(16)14-12-23-20(21-4-2)22-11-10-18-24-19(26-25-18)17-9-7-15-28-17;/h7,9,15-16H,3-6,8,10-14H2,1-2H3,(H2,21,22,23)(H,24,25,26);1H. The van der Waals surface area contributed by atoms with Crippen molar-refractivity contribution in [2.45, 2.75) is 52.0 Å². The van der Waals surface area contributed by atoms with Gasteiger partial charge in [0.15, 0.2) is 11.7 Å². The summed E-state index contributed by atoms with van der Waals surface area (Å²) in [7, 11) is 0. The number of rotatable bonds is 9. The summed E-state index contributed by atoms with van der Waals surface area (Å²) >= 11 is 0. The molecular formula is C20H34IN7O. The highest BCUT2D eigenvalue weighted by atomic mass is 127. The first-order valence-electron chi connectivity index (χ1n) is 10.5. The lowest BCUT2D eigenvalue weighted by Gasteiger charge is -2.34. The third-order valence-corrected chi connectivity index (χ3v) is 5.15. The maximum Gasteiger partial charge on any atom is 0.216 e. The molecule has 1 unspecified atom stereocenters. The molecule has 1 fully saturated rings. The molecule has 0 radical (unpaired) electrons. The minimum atomic E-state index is 0.